The third kappa shape index (κ3) is 4.84. The molecular formula is C20H23ClN3O2+. The van der Waals surface area contributed by atoms with Crippen molar-refractivity contribution in [3.05, 3.63) is 64.7 Å². The fourth-order valence-electron chi connectivity index (χ4n) is 2.74. The van der Waals surface area contributed by atoms with Crippen LogP contribution in [-0.2, 0) is 4.79 Å². The van der Waals surface area contributed by atoms with E-state index in [2.05, 4.69) is 10.6 Å². The molecule has 6 heteroatoms. The summed E-state index contributed by atoms with van der Waals surface area (Å²) < 4.78 is 0. The lowest BCUT2D eigenvalue weighted by molar-refractivity contribution is -0.682. The first-order valence-corrected chi connectivity index (χ1v) is 9.20. The first kappa shape index (κ1) is 18.4. The van der Waals surface area contributed by atoms with E-state index in [1.807, 2.05) is 36.5 Å². The van der Waals surface area contributed by atoms with Crippen molar-refractivity contribution in [3.8, 4) is 0 Å². The number of nitrogens with two attached hydrogens (primary N) is 1. The summed E-state index contributed by atoms with van der Waals surface area (Å²) in [5.41, 5.74) is 2.02. The molecule has 0 radical (unpaired) electrons. The third-order valence-electron chi connectivity index (χ3n) is 4.41. The number of nitrogens with one attached hydrogen (secondary N) is 2. The van der Waals surface area contributed by atoms with Crippen LogP contribution in [0.1, 0.15) is 41.7 Å². The lowest BCUT2D eigenvalue weighted by atomic mass is 10.1. The Kier molecular flexibility index (Phi) is 5.91. The van der Waals surface area contributed by atoms with Crippen LogP contribution in [0.3, 0.4) is 0 Å². The number of carbonyl (C=O) groups is 2. The normalized spacial score (nSPS) is 14.5. The summed E-state index contributed by atoms with van der Waals surface area (Å²) in [6.45, 7) is 2.25. The van der Waals surface area contributed by atoms with E-state index in [0.29, 0.717) is 16.3 Å². The fraction of sp³-hybridized carbons (Fsp3) is 0.300. The molecule has 1 aliphatic rings. The number of carbonyl (C=O) groups excluding carboxylic acids is 2. The van der Waals surface area contributed by atoms with Gasteiger partial charge in [0.15, 0.2) is 6.54 Å². The van der Waals surface area contributed by atoms with Gasteiger partial charge < -0.3 is 16.0 Å². The summed E-state index contributed by atoms with van der Waals surface area (Å²) >= 11 is 6.20. The molecule has 0 bridgehead atoms. The second-order valence-electron chi connectivity index (χ2n) is 6.59. The number of benzene rings is 2. The predicted octanol–water partition coefficient (Wildman–Crippen LogP) is 2.50. The van der Waals surface area contributed by atoms with Gasteiger partial charge in [-0.2, -0.15) is 0 Å². The largest absolute Gasteiger partial charge is 0.349 e. The highest BCUT2D eigenvalue weighted by atomic mass is 35.5. The molecule has 0 saturated heterocycles. The quantitative estimate of drug-likeness (QED) is 0.698. The molecule has 3 rings (SSSR count). The van der Waals surface area contributed by atoms with Crippen molar-refractivity contribution < 1.29 is 14.9 Å². The molecule has 1 fully saturated rings. The van der Waals surface area contributed by atoms with Gasteiger partial charge in [0.25, 0.3) is 11.8 Å². The molecule has 1 aliphatic carbocycles. The Morgan fingerprint density at radius 3 is 2.58 bits per heavy atom. The SMILES string of the molecule is C[C@@H]([NH2+]CC(=O)Nc1ccccc1C(=O)NC1CC1)c1ccccc1Cl. The summed E-state index contributed by atoms with van der Waals surface area (Å²) in [6.07, 6.45) is 2.05. The maximum atomic E-state index is 12.3. The van der Waals surface area contributed by atoms with Crippen LogP contribution in [-0.4, -0.2) is 24.4 Å². The summed E-state index contributed by atoms with van der Waals surface area (Å²) in [5.74, 6) is -0.299. The number of amides is 2. The Morgan fingerprint density at radius 1 is 1.15 bits per heavy atom. The van der Waals surface area contributed by atoms with Crippen molar-refractivity contribution in [1.82, 2.24) is 5.32 Å². The van der Waals surface area contributed by atoms with Crippen LogP contribution in [0.4, 0.5) is 5.69 Å². The first-order chi connectivity index (χ1) is 12.5. The molecule has 1 atom stereocenters. The molecule has 0 heterocycles. The number of anilines is 1. The van der Waals surface area contributed by atoms with Crippen LogP contribution in [0.5, 0.6) is 0 Å². The second-order valence-corrected chi connectivity index (χ2v) is 7.00. The molecule has 4 N–H and O–H groups in total. The Labute approximate surface area is 158 Å². The van der Waals surface area contributed by atoms with E-state index in [-0.39, 0.29) is 30.4 Å². The van der Waals surface area contributed by atoms with Crippen molar-refractivity contribution >= 4 is 29.1 Å². The van der Waals surface area contributed by atoms with Crippen LogP contribution in [0.25, 0.3) is 0 Å². The molecule has 0 aromatic heterocycles. The third-order valence-corrected chi connectivity index (χ3v) is 4.76. The molecule has 2 aromatic rings. The van der Waals surface area contributed by atoms with E-state index < -0.39 is 0 Å². The van der Waals surface area contributed by atoms with Gasteiger partial charge in [-0.3, -0.25) is 9.59 Å². The molecule has 1 saturated carbocycles. The number of hydrogen-bond acceptors (Lipinski definition) is 2. The molecule has 2 amide bonds. The van der Waals surface area contributed by atoms with Gasteiger partial charge in [-0.15, -0.1) is 0 Å². The molecule has 0 aliphatic heterocycles. The van der Waals surface area contributed by atoms with Crippen LogP contribution < -0.4 is 16.0 Å². The lowest BCUT2D eigenvalue weighted by Crippen LogP contribution is -2.86. The van der Waals surface area contributed by atoms with Gasteiger partial charge in [0.1, 0.15) is 6.04 Å². The van der Waals surface area contributed by atoms with Gasteiger partial charge in [-0.25, -0.2) is 0 Å². The Bertz CT molecular complexity index is 805. The van der Waals surface area contributed by atoms with Crippen LogP contribution in [0, 0.1) is 0 Å². The van der Waals surface area contributed by atoms with E-state index in [1.54, 1.807) is 24.3 Å². The molecule has 0 unspecified atom stereocenters. The Balaban J connectivity index is 1.58. The van der Waals surface area contributed by atoms with Crippen molar-refractivity contribution in [1.29, 1.82) is 0 Å². The molecule has 5 nitrogen and oxygen atoms in total. The van der Waals surface area contributed by atoms with Crippen molar-refractivity contribution in [2.75, 3.05) is 11.9 Å². The predicted molar refractivity (Wildman–Crippen MR) is 102 cm³/mol. The Hall–Kier alpha value is -2.37. The molecule has 136 valence electrons. The zero-order valence-corrected chi connectivity index (χ0v) is 15.4. The highest BCUT2D eigenvalue weighted by Gasteiger charge is 2.25. The number of rotatable bonds is 7. The van der Waals surface area contributed by atoms with Gasteiger partial charge >= 0.3 is 0 Å². The van der Waals surface area contributed by atoms with Crippen LogP contribution >= 0.6 is 11.6 Å². The number of halogens is 1. The average molecular weight is 373 g/mol. The lowest BCUT2D eigenvalue weighted by Gasteiger charge is -2.14. The summed E-state index contributed by atoms with van der Waals surface area (Å²) in [7, 11) is 0. The topological polar surface area (TPSA) is 74.8 Å². The molecule has 2 aromatic carbocycles. The maximum absolute atomic E-state index is 12.3. The Morgan fingerprint density at radius 2 is 1.85 bits per heavy atom. The second kappa shape index (κ2) is 8.34. The van der Waals surface area contributed by atoms with Crippen LogP contribution in [0.2, 0.25) is 5.02 Å². The zero-order valence-electron chi connectivity index (χ0n) is 14.7. The van der Waals surface area contributed by atoms with E-state index in [0.717, 1.165) is 18.4 Å². The summed E-state index contributed by atoms with van der Waals surface area (Å²) in [6, 6.07) is 15.0. The minimum absolute atomic E-state index is 0.0582. The standard InChI is InChI=1S/C20H22ClN3O2/c1-13(15-6-2-4-8-17(15)21)22-12-19(25)24-18-9-5-3-7-16(18)20(26)23-14-10-11-14/h2-9,13-14,22H,10-12H2,1H3,(H,23,26)(H,24,25)/p+1/t13-/m1/s1. The average Bonchev–Trinajstić information content (AvgIpc) is 3.44. The smallest absolute Gasteiger partial charge is 0.279 e. The molecular weight excluding hydrogens is 350 g/mol. The number of para-hydroxylation sites is 1. The minimum atomic E-state index is -0.157. The van der Waals surface area contributed by atoms with E-state index in [1.165, 1.54) is 0 Å². The monoisotopic (exact) mass is 372 g/mol. The number of quaternary nitrogens is 1. The van der Waals surface area contributed by atoms with Gasteiger partial charge in [-0.05, 0) is 38.0 Å². The highest BCUT2D eigenvalue weighted by molar-refractivity contribution is 6.31. The van der Waals surface area contributed by atoms with E-state index in [9.17, 15) is 9.59 Å². The van der Waals surface area contributed by atoms with Gasteiger partial charge in [0.2, 0.25) is 0 Å². The summed E-state index contributed by atoms with van der Waals surface area (Å²) in [4.78, 5) is 24.6. The maximum Gasteiger partial charge on any atom is 0.279 e. The van der Waals surface area contributed by atoms with Crippen molar-refractivity contribution in [3.63, 3.8) is 0 Å². The van der Waals surface area contributed by atoms with Crippen molar-refractivity contribution in [2.45, 2.75) is 31.8 Å². The van der Waals surface area contributed by atoms with Crippen LogP contribution in [0.15, 0.2) is 48.5 Å². The van der Waals surface area contributed by atoms with E-state index in [4.69, 9.17) is 11.6 Å². The van der Waals surface area contributed by atoms with Gasteiger partial charge in [0, 0.05) is 16.6 Å². The van der Waals surface area contributed by atoms with Gasteiger partial charge in [0.05, 0.1) is 11.3 Å². The van der Waals surface area contributed by atoms with Crippen molar-refractivity contribution in [2.24, 2.45) is 0 Å². The van der Waals surface area contributed by atoms with Gasteiger partial charge in [-0.1, -0.05) is 41.9 Å². The zero-order chi connectivity index (χ0) is 18.5. The highest BCUT2D eigenvalue weighted by Crippen LogP contribution is 2.22. The minimum Gasteiger partial charge on any atom is -0.349 e. The molecule has 26 heavy (non-hydrogen) atoms. The molecule has 0 spiro atoms. The van der Waals surface area contributed by atoms with E-state index >= 15 is 0 Å². The fourth-order valence-corrected chi connectivity index (χ4v) is 3.05. The first-order valence-electron chi connectivity index (χ1n) is 8.82. The number of hydrogen-bond donors (Lipinski definition) is 3. The summed E-state index contributed by atoms with van der Waals surface area (Å²) in [5, 5.41) is 8.40.